The van der Waals surface area contributed by atoms with E-state index in [-0.39, 0.29) is 6.61 Å². The van der Waals surface area contributed by atoms with Crippen molar-refractivity contribution in [1.82, 2.24) is 0 Å². The molecule has 7 heteroatoms. The Bertz CT molecular complexity index is 440. The third-order valence-electron chi connectivity index (χ3n) is 1.65. The zero-order valence-electron chi connectivity index (χ0n) is 7.98. The summed E-state index contributed by atoms with van der Waals surface area (Å²) >= 11 is 0. The standard InChI is InChI=1S/C9H5F4NO2/c1-2-16-9-6(12)4(10)8(14-3-15)5(11)7(9)13/h2H2,1H3. The lowest BCUT2D eigenvalue weighted by atomic mass is 10.2. The minimum absolute atomic E-state index is 0.178. The number of carbonyl (C=O) groups excluding carboxylic acids is 1. The number of halogens is 4. The lowest BCUT2D eigenvalue weighted by molar-refractivity contribution is 0.287. The van der Waals surface area contributed by atoms with Crippen LogP contribution in [0.1, 0.15) is 6.92 Å². The Kier molecular flexibility index (Phi) is 3.63. The van der Waals surface area contributed by atoms with Crippen LogP contribution < -0.4 is 4.74 Å². The molecule has 0 N–H and O–H groups in total. The minimum atomic E-state index is -1.80. The third-order valence-corrected chi connectivity index (χ3v) is 1.65. The molecule has 0 aromatic heterocycles. The van der Waals surface area contributed by atoms with Crippen LogP contribution in [0.25, 0.3) is 0 Å². The molecule has 1 rings (SSSR count). The Morgan fingerprint density at radius 1 is 1.12 bits per heavy atom. The first-order chi connectivity index (χ1) is 7.54. The number of ether oxygens (including phenoxy) is 1. The highest BCUT2D eigenvalue weighted by molar-refractivity contribution is 5.53. The van der Waals surface area contributed by atoms with Crippen molar-refractivity contribution in [1.29, 1.82) is 0 Å². The summed E-state index contributed by atoms with van der Waals surface area (Å²) < 4.78 is 56.8. The van der Waals surface area contributed by atoms with Gasteiger partial charge in [0.05, 0.1) is 6.61 Å². The largest absolute Gasteiger partial charge is 0.488 e. The normalized spacial score (nSPS) is 9.81. The first-order valence-electron chi connectivity index (χ1n) is 4.11. The van der Waals surface area contributed by atoms with Crippen LogP contribution in [-0.4, -0.2) is 12.7 Å². The molecular formula is C9H5F4NO2. The molecule has 0 heterocycles. The molecule has 0 spiro atoms. The number of benzene rings is 1. The van der Waals surface area contributed by atoms with Gasteiger partial charge in [-0.15, -0.1) is 0 Å². The van der Waals surface area contributed by atoms with Gasteiger partial charge in [-0.1, -0.05) is 0 Å². The summed E-state index contributed by atoms with van der Waals surface area (Å²) in [5.74, 6) is -8.26. The van der Waals surface area contributed by atoms with E-state index < -0.39 is 34.7 Å². The Morgan fingerprint density at radius 3 is 2.00 bits per heavy atom. The predicted molar refractivity (Wildman–Crippen MR) is 45.2 cm³/mol. The molecule has 0 amide bonds. The number of aliphatic imine (C=N–C) groups is 1. The van der Waals surface area contributed by atoms with Gasteiger partial charge in [0.15, 0.2) is 23.1 Å². The van der Waals surface area contributed by atoms with E-state index in [9.17, 15) is 22.4 Å². The lowest BCUT2D eigenvalue weighted by Gasteiger charge is -2.08. The average molecular weight is 235 g/mol. The number of rotatable bonds is 3. The van der Waals surface area contributed by atoms with Crippen molar-refractivity contribution >= 4 is 11.8 Å². The molecule has 0 unspecified atom stereocenters. The predicted octanol–water partition coefficient (Wildman–Crippen LogP) is 2.61. The summed E-state index contributed by atoms with van der Waals surface area (Å²) in [6, 6.07) is 0. The van der Waals surface area contributed by atoms with Crippen LogP contribution >= 0.6 is 0 Å². The Balaban J connectivity index is 3.55. The topological polar surface area (TPSA) is 38.7 Å². The van der Waals surface area contributed by atoms with Gasteiger partial charge in [0.2, 0.25) is 17.7 Å². The SMILES string of the molecule is CCOc1c(F)c(F)c(N=C=O)c(F)c1F. The van der Waals surface area contributed by atoms with Crippen LogP contribution in [0.15, 0.2) is 4.99 Å². The highest BCUT2D eigenvalue weighted by Gasteiger charge is 2.26. The molecule has 0 aliphatic rings. The fraction of sp³-hybridized carbons (Fsp3) is 0.222. The van der Waals surface area contributed by atoms with E-state index >= 15 is 0 Å². The molecule has 0 aliphatic carbocycles. The molecule has 16 heavy (non-hydrogen) atoms. The second-order valence-corrected chi connectivity index (χ2v) is 2.57. The molecule has 0 saturated carbocycles. The molecule has 0 radical (unpaired) electrons. The molecule has 0 aliphatic heterocycles. The van der Waals surface area contributed by atoms with Gasteiger partial charge in [-0.3, -0.25) is 0 Å². The van der Waals surface area contributed by atoms with Crippen LogP contribution in [-0.2, 0) is 4.79 Å². The highest BCUT2D eigenvalue weighted by atomic mass is 19.2. The van der Waals surface area contributed by atoms with Crippen LogP contribution in [0.2, 0.25) is 0 Å². The Hall–Kier alpha value is -1.88. The number of nitrogens with zero attached hydrogens (tertiary/aromatic N) is 1. The Labute approximate surface area is 87.4 Å². The van der Waals surface area contributed by atoms with E-state index in [2.05, 4.69) is 9.73 Å². The van der Waals surface area contributed by atoms with Crippen molar-refractivity contribution in [2.75, 3.05) is 6.61 Å². The van der Waals surface area contributed by atoms with Crippen molar-refractivity contribution in [2.45, 2.75) is 6.92 Å². The highest BCUT2D eigenvalue weighted by Crippen LogP contribution is 2.34. The molecule has 3 nitrogen and oxygen atoms in total. The maximum atomic E-state index is 13.1. The van der Waals surface area contributed by atoms with Gasteiger partial charge >= 0.3 is 0 Å². The van der Waals surface area contributed by atoms with Gasteiger partial charge in [0, 0.05) is 0 Å². The fourth-order valence-electron chi connectivity index (χ4n) is 1.01. The van der Waals surface area contributed by atoms with Gasteiger partial charge in [0.1, 0.15) is 0 Å². The first-order valence-corrected chi connectivity index (χ1v) is 4.11. The van der Waals surface area contributed by atoms with Crippen LogP contribution in [0, 0.1) is 23.3 Å². The van der Waals surface area contributed by atoms with Gasteiger partial charge in [-0.25, -0.2) is 13.6 Å². The first kappa shape index (κ1) is 12.2. The van der Waals surface area contributed by atoms with Gasteiger partial charge in [-0.05, 0) is 6.92 Å². The third kappa shape index (κ3) is 1.90. The average Bonchev–Trinajstić information content (AvgIpc) is 2.28. The van der Waals surface area contributed by atoms with E-state index in [1.54, 1.807) is 0 Å². The molecule has 1 aromatic rings. The molecule has 0 atom stereocenters. The maximum Gasteiger partial charge on any atom is 0.240 e. The number of isocyanates is 1. The maximum absolute atomic E-state index is 13.1. The smallest absolute Gasteiger partial charge is 0.240 e. The second-order valence-electron chi connectivity index (χ2n) is 2.57. The van der Waals surface area contributed by atoms with Crippen molar-refractivity contribution < 1.29 is 27.1 Å². The molecule has 1 aromatic carbocycles. The molecule has 0 saturated heterocycles. The summed E-state index contributed by atoms with van der Waals surface area (Å²) in [4.78, 5) is 12.3. The van der Waals surface area contributed by atoms with Crippen molar-refractivity contribution in [3.05, 3.63) is 23.3 Å². The lowest BCUT2D eigenvalue weighted by Crippen LogP contribution is -2.03. The van der Waals surface area contributed by atoms with Crippen molar-refractivity contribution in [2.24, 2.45) is 4.99 Å². The van der Waals surface area contributed by atoms with Crippen LogP contribution in [0.3, 0.4) is 0 Å². The number of hydrogen-bond donors (Lipinski definition) is 0. The summed E-state index contributed by atoms with van der Waals surface area (Å²) in [5, 5.41) is 0. The summed E-state index contributed by atoms with van der Waals surface area (Å²) in [6.45, 7) is 1.20. The summed E-state index contributed by atoms with van der Waals surface area (Å²) in [6.07, 6.45) is 0.792. The van der Waals surface area contributed by atoms with Crippen molar-refractivity contribution in [3.63, 3.8) is 0 Å². The van der Waals surface area contributed by atoms with E-state index in [4.69, 9.17) is 0 Å². The van der Waals surface area contributed by atoms with E-state index in [1.807, 2.05) is 0 Å². The summed E-state index contributed by atoms with van der Waals surface area (Å²) in [5.41, 5.74) is -1.37. The number of hydrogen-bond acceptors (Lipinski definition) is 3. The van der Waals surface area contributed by atoms with Gasteiger partial charge in [0.25, 0.3) is 0 Å². The second kappa shape index (κ2) is 4.76. The zero-order chi connectivity index (χ0) is 12.3. The molecule has 0 bridgehead atoms. The molecular weight excluding hydrogens is 230 g/mol. The van der Waals surface area contributed by atoms with E-state index in [0.29, 0.717) is 0 Å². The molecule has 0 fully saturated rings. The monoisotopic (exact) mass is 235 g/mol. The fourth-order valence-corrected chi connectivity index (χ4v) is 1.01. The van der Waals surface area contributed by atoms with Crippen LogP contribution in [0.5, 0.6) is 5.75 Å². The zero-order valence-corrected chi connectivity index (χ0v) is 7.98. The minimum Gasteiger partial charge on any atom is -0.488 e. The summed E-state index contributed by atoms with van der Waals surface area (Å²) in [7, 11) is 0. The van der Waals surface area contributed by atoms with Crippen molar-refractivity contribution in [3.8, 4) is 5.75 Å². The van der Waals surface area contributed by atoms with Crippen LogP contribution in [0.4, 0.5) is 23.2 Å². The molecule has 86 valence electrons. The quantitative estimate of drug-likeness (QED) is 0.349. The van der Waals surface area contributed by atoms with Gasteiger partial charge < -0.3 is 4.74 Å². The van der Waals surface area contributed by atoms with Gasteiger partial charge in [-0.2, -0.15) is 13.8 Å². The Morgan fingerprint density at radius 2 is 1.62 bits per heavy atom. The van der Waals surface area contributed by atoms with E-state index in [0.717, 1.165) is 6.08 Å². The van der Waals surface area contributed by atoms with E-state index in [1.165, 1.54) is 6.92 Å².